The molecule has 2 aromatic rings. The summed E-state index contributed by atoms with van der Waals surface area (Å²) in [5.74, 6) is 1.44. The Labute approximate surface area is 187 Å². The van der Waals surface area contributed by atoms with E-state index in [1.165, 1.54) is 0 Å². The van der Waals surface area contributed by atoms with Crippen LogP contribution < -0.4 is 10.4 Å². The molecule has 162 valence electrons. The molecule has 1 atom stereocenters. The zero-order valence-electron chi connectivity index (χ0n) is 17.5. The molecule has 6 nitrogen and oxygen atoms in total. The predicted molar refractivity (Wildman–Crippen MR) is 120 cm³/mol. The number of ether oxygens (including phenoxy) is 1. The number of fused-ring (bicyclic) bond motifs is 1. The highest BCUT2D eigenvalue weighted by molar-refractivity contribution is 6.42. The fraction of sp³-hybridized carbons (Fsp3) is 0.545. The van der Waals surface area contributed by atoms with Gasteiger partial charge in [0.25, 0.3) is 0 Å². The van der Waals surface area contributed by atoms with Crippen LogP contribution in [0.5, 0.6) is 5.75 Å². The molecule has 2 aliphatic rings. The Morgan fingerprint density at radius 1 is 1.27 bits per heavy atom. The number of nitrogens with zero attached hydrogens (tertiary/aromatic N) is 4. The molecule has 1 fully saturated rings. The number of aromatic nitrogens is 3. The van der Waals surface area contributed by atoms with Crippen LogP contribution >= 0.6 is 23.2 Å². The molecule has 8 heteroatoms. The van der Waals surface area contributed by atoms with E-state index >= 15 is 0 Å². The fourth-order valence-electron chi connectivity index (χ4n) is 4.61. The molecule has 2 aliphatic heterocycles. The summed E-state index contributed by atoms with van der Waals surface area (Å²) >= 11 is 12.9. The molecule has 1 saturated heterocycles. The van der Waals surface area contributed by atoms with Gasteiger partial charge in [-0.2, -0.15) is 5.10 Å². The second-order valence-corrected chi connectivity index (χ2v) is 9.09. The van der Waals surface area contributed by atoms with Crippen LogP contribution in [0.3, 0.4) is 0 Å². The molecule has 0 spiro atoms. The Bertz CT molecular complexity index is 990. The molecular formula is C22H28Cl2N4O2. The lowest BCUT2D eigenvalue weighted by molar-refractivity contribution is 0.145. The van der Waals surface area contributed by atoms with Crippen molar-refractivity contribution in [1.82, 2.24) is 19.2 Å². The molecule has 0 amide bonds. The number of hydrogen-bond donors (Lipinski definition) is 0. The van der Waals surface area contributed by atoms with E-state index in [1.807, 2.05) is 6.07 Å². The van der Waals surface area contributed by atoms with Crippen molar-refractivity contribution in [2.75, 3.05) is 19.7 Å². The largest absolute Gasteiger partial charge is 0.489 e. The van der Waals surface area contributed by atoms with E-state index in [0.717, 1.165) is 50.2 Å². The number of benzene rings is 1. The fourth-order valence-corrected chi connectivity index (χ4v) is 5.05. The standard InChI is InChI=1S/C22H28Cl2N4O2/c1-4-13-30-18-7-5-16(23)21(24)20(18)17-6-8-19-25-28(22(29)27(17)19)15-9-11-26(12-10-15)14(2)3/h4-5,7,14-15,17H,1,6,8-13H2,2-3H3. The molecular weight excluding hydrogens is 423 g/mol. The first-order chi connectivity index (χ1) is 14.4. The Kier molecular flexibility index (Phi) is 6.28. The van der Waals surface area contributed by atoms with E-state index in [9.17, 15) is 4.79 Å². The highest BCUT2D eigenvalue weighted by Gasteiger charge is 2.35. The smallest absolute Gasteiger partial charge is 0.346 e. The molecule has 1 aromatic carbocycles. The molecule has 4 rings (SSSR count). The summed E-state index contributed by atoms with van der Waals surface area (Å²) in [7, 11) is 0. The molecule has 0 N–H and O–H groups in total. The second-order valence-electron chi connectivity index (χ2n) is 8.30. The average Bonchev–Trinajstić information content (AvgIpc) is 3.29. The normalized spacial score (nSPS) is 20.0. The monoisotopic (exact) mass is 450 g/mol. The number of likely N-dealkylation sites (tertiary alicyclic amines) is 1. The van der Waals surface area contributed by atoms with Crippen LogP contribution in [0.4, 0.5) is 0 Å². The number of aryl methyl sites for hydroxylation is 1. The summed E-state index contributed by atoms with van der Waals surface area (Å²) in [5, 5.41) is 5.60. The topological polar surface area (TPSA) is 52.3 Å². The summed E-state index contributed by atoms with van der Waals surface area (Å²) < 4.78 is 9.32. The minimum absolute atomic E-state index is 0.0683. The van der Waals surface area contributed by atoms with E-state index in [2.05, 4.69) is 25.3 Å². The van der Waals surface area contributed by atoms with Gasteiger partial charge in [0.2, 0.25) is 0 Å². The van der Waals surface area contributed by atoms with Crippen LogP contribution in [-0.2, 0) is 6.42 Å². The van der Waals surface area contributed by atoms with Crippen LogP contribution in [0.1, 0.15) is 56.6 Å². The number of piperidine rings is 1. The Balaban J connectivity index is 1.67. The van der Waals surface area contributed by atoms with Gasteiger partial charge in [0.05, 0.1) is 22.1 Å². The Morgan fingerprint density at radius 2 is 2.00 bits per heavy atom. The molecule has 3 heterocycles. The third kappa shape index (κ3) is 3.81. The molecule has 0 radical (unpaired) electrons. The Hall–Kier alpha value is -1.76. The maximum absolute atomic E-state index is 13.4. The Morgan fingerprint density at radius 3 is 2.67 bits per heavy atom. The molecule has 1 unspecified atom stereocenters. The highest BCUT2D eigenvalue weighted by atomic mass is 35.5. The minimum Gasteiger partial charge on any atom is -0.489 e. The summed E-state index contributed by atoms with van der Waals surface area (Å²) in [6.07, 6.45) is 5.02. The van der Waals surface area contributed by atoms with Crippen molar-refractivity contribution < 1.29 is 4.74 Å². The van der Waals surface area contributed by atoms with E-state index in [-0.39, 0.29) is 17.8 Å². The second kappa shape index (κ2) is 8.77. The van der Waals surface area contributed by atoms with Gasteiger partial charge in [-0.15, -0.1) is 0 Å². The van der Waals surface area contributed by atoms with Gasteiger partial charge in [-0.05, 0) is 45.2 Å². The highest BCUT2D eigenvalue weighted by Crippen LogP contribution is 2.42. The lowest BCUT2D eigenvalue weighted by Gasteiger charge is -2.34. The maximum Gasteiger partial charge on any atom is 0.346 e. The van der Waals surface area contributed by atoms with Crippen molar-refractivity contribution >= 4 is 23.2 Å². The van der Waals surface area contributed by atoms with Crippen molar-refractivity contribution in [3.63, 3.8) is 0 Å². The predicted octanol–water partition coefficient (Wildman–Crippen LogP) is 4.50. The SMILES string of the molecule is C=CCOc1ccc(Cl)c(Cl)c1C1CCc2nn(C3CCN(C(C)C)CC3)c(=O)n21. The van der Waals surface area contributed by atoms with E-state index < -0.39 is 0 Å². The van der Waals surface area contributed by atoms with Gasteiger partial charge >= 0.3 is 5.69 Å². The van der Waals surface area contributed by atoms with Gasteiger partial charge in [-0.1, -0.05) is 35.9 Å². The maximum atomic E-state index is 13.4. The summed E-state index contributed by atoms with van der Waals surface area (Å²) in [4.78, 5) is 15.8. The first-order valence-corrected chi connectivity index (χ1v) is 11.3. The summed E-state index contributed by atoms with van der Waals surface area (Å²) in [6.45, 7) is 10.5. The molecule has 0 bridgehead atoms. The van der Waals surface area contributed by atoms with Gasteiger partial charge in [-0.3, -0.25) is 4.57 Å². The quantitative estimate of drug-likeness (QED) is 0.607. The lowest BCUT2D eigenvalue weighted by atomic mass is 10.0. The molecule has 0 aliphatic carbocycles. The van der Waals surface area contributed by atoms with Crippen molar-refractivity contribution in [1.29, 1.82) is 0 Å². The van der Waals surface area contributed by atoms with E-state index in [0.29, 0.717) is 28.4 Å². The van der Waals surface area contributed by atoms with Gasteiger partial charge in [0.15, 0.2) is 0 Å². The summed E-state index contributed by atoms with van der Waals surface area (Å²) in [6, 6.07) is 3.96. The zero-order chi connectivity index (χ0) is 21.4. The molecule has 30 heavy (non-hydrogen) atoms. The molecule has 1 aromatic heterocycles. The third-order valence-electron chi connectivity index (χ3n) is 6.21. The minimum atomic E-state index is -0.233. The van der Waals surface area contributed by atoms with Crippen molar-refractivity contribution in [3.05, 3.63) is 56.7 Å². The number of halogens is 2. The number of hydrogen-bond acceptors (Lipinski definition) is 4. The van der Waals surface area contributed by atoms with Gasteiger partial charge in [0.1, 0.15) is 18.2 Å². The number of rotatable bonds is 6. The van der Waals surface area contributed by atoms with Crippen LogP contribution in [0.15, 0.2) is 29.6 Å². The van der Waals surface area contributed by atoms with Crippen LogP contribution in [0.25, 0.3) is 0 Å². The first kappa shape index (κ1) is 21.5. The van der Waals surface area contributed by atoms with Crippen LogP contribution in [-0.4, -0.2) is 45.0 Å². The summed E-state index contributed by atoms with van der Waals surface area (Å²) in [5.41, 5.74) is 0.683. The van der Waals surface area contributed by atoms with Crippen LogP contribution in [0.2, 0.25) is 10.0 Å². The average molecular weight is 451 g/mol. The van der Waals surface area contributed by atoms with E-state index in [4.69, 9.17) is 33.0 Å². The van der Waals surface area contributed by atoms with Crippen molar-refractivity contribution in [3.8, 4) is 5.75 Å². The molecule has 0 saturated carbocycles. The third-order valence-corrected chi connectivity index (χ3v) is 7.03. The first-order valence-electron chi connectivity index (χ1n) is 10.6. The van der Waals surface area contributed by atoms with E-state index in [1.54, 1.807) is 21.4 Å². The van der Waals surface area contributed by atoms with Crippen LogP contribution in [0, 0.1) is 0 Å². The van der Waals surface area contributed by atoms with Gasteiger partial charge in [0, 0.05) is 31.1 Å². The lowest BCUT2D eigenvalue weighted by Crippen LogP contribution is -2.41. The van der Waals surface area contributed by atoms with Gasteiger partial charge < -0.3 is 9.64 Å². The van der Waals surface area contributed by atoms with Gasteiger partial charge in [-0.25, -0.2) is 9.48 Å². The van der Waals surface area contributed by atoms with Crippen molar-refractivity contribution in [2.24, 2.45) is 0 Å². The zero-order valence-corrected chi connectivity index (χ0v) is 19.0. The van der Waals surface area contributed by atoms with Crippen molar-refractivity contribution in [2.45, 2.75) is 57.7 Å².